The van der Waals surface area contributed by atoms with Crippen LogP contribution >= 0.6 is 0 Å². The van der Waals surface area contributed by atoms with Crippen LogP contribution < -0.4 is 5.48 Å². The zero-order valence-corrected chi connectivity index (χ0v) is 25.3. The smallest absolute Gasteiger partial charge is 0.332 e. The number of aryl methyl sites for hydroxylation is 2. The van der Waals surface area contributed by atoms with Gasteiger partial charge in [-0.2, -0.15) is 5.48 Å². The van der Waals surface area contributed by atoms with E-state index in [0.717, 1.165) is 37.7 Å². The Labute approximate surface area is 254 Å². The van der Waals surface area contributed by atoms with Gasteiger partial charge in [0.1, 0.15) is 6.61 Å². The molecular formula is C33H45N3O7. The van der Waals surface area contributed by atoms with Crippen LogP contribution in [0.5, 0.6) is 0 Å². The van der Waals surface area contributed by atoms with Gasteiger partial charge in [-0.25, -0.2) is 4.79 Å². The highest BCUT2D eigenvalue weighted by molar-refractivity contribution is 5.83. The Morgan fingerprint density at radius 2 is 1.28 bits per heavy atom. The van der Waals surface area contributed by atoms with Crippen molar-refractivity contribution < 1.29 is 33.5 Å². The third kappa shape index (κ3) is 13.4. The van der Waals surface area contributed by atoms with Crippen molar-refractivity contribution in [1.29, 1.82) is 0 Å². The molecule has 0 saturated carbocycles. The first-order valence-electron chi connectivity index (χ1n) is 15.3. The van der Waals surface area contributed by atoms with Gasteiger partial charge in [0.25, 0.3) is 5.91 Å². The van der Waals surface area contributed by atoms with Crippen molar-refractivity contribution in [1.82, 2.24) is 15.3 Å². The summed E-state index contributed by atoms with van der Waals surface area (Å²) >= 11 is 0. The van der Waals surface area contributed by atoms with Gasteiger partial charge in [-0.05, 0) is 48.8 Å². The van der Waals surface area contributed by atoms with Gasteiger partial charge in [0.2, 0.25) is 11.8 Å². The zero-order valence-electron chi connectivity index (χ0n) is 25.3. The van der Waals surface area contributed by atoms with E-state index in [1.165, 1.54) is 11.1 Å². The first-order chi connectivity index (χ1) is 20.9. The van der Waals surface area contributed by atoms with Gasteiger partial charge in [0.05, 0.1) is 26.1 Å². The van der Waals surface area contributed by atoms with Crippen LogP contribution in [-0.2, 0) is 52.8 Å². The average Bonchev–Trinajstić information content (AvgIpc) is 3.04. The molecule has 2 aromatic rings. The predicted octanol–water partition coefficient (Wildman–Crippen LogP) is 3.26. The Hall–Kier alpha value is -3.76. The number of hydroxylamine groups is 1. The number of ether oxygens (including phenoxy) is 2. The van der Waals surface area contributed by atoms with Gasteiger partial charge >= 0.3 is 5.97 Å². The maximum atomic E-state index is 12.5. The molecule has 0 aromatic heterocycles. The zero-order chi connectivity index (χ0) is 30.7. The van der Waals surface area contributed by atoms with Crippen molar-refractivity contribution in [2.75, 3.05) is 52.6 Å². The van der Waals surface area contributed by atoms with E-state index in [1.54, 1.807) is 9.80 Å². The van der Waals surface area contributed by atoms with Gasteiger partial charge in [-0.15, -0.1) is 0 Å². The van der Waals surface area contributed by atoms with Gasteiger partial charge < -0.3 is 24.1 Å². The van der Waals surface area contributed by atoms with Crippen LogP contribution in [0.2, 0.25) is 0 Å². The molecular weight excluding hydrogens is 550 g/mol. The van der Waals surface area contributed by atoms with Crippen LogP contribution in [0.15, 0.2) is 54.6 Å². The lowest BCUT2D eigenvalue weighted by Crippen LogP contribution is -2.51. The van der Waals surface area contributed by atoms with Gasteiger partial charge in [-0.3, -0.25) is 14.4 Å². The van der Waals surface area contributed by atoms with Crippen LogP contribution in [0, 0.1) is 0 Å². The largest absolute Gasteiger partial charge is 0.379 e. The van der Waals surface area contributed by atoms with Crippen LogP contribution in [0.1, 0.15) is 55.7 Å². The summed E-state index contributed by atoms with van der Waals surface area (Å²) in [4.78, 5) is 57.3. The first-order valence-corrected chi connectivity index (χ1v) is 15.3. The van der Waals surface area contributed by atoms with E-state index >= 15 is 0 Å². The van der Waals surface area contributed by atoms with E-state index in [9.17, 15) is 19.2 Å². The molecule has 1 fully saturated rings. The number of carbonyl (C=O) groups is 4. The van der Waals surface area contributed by atoms with Gasteiger partial charge in [-0.1, -0.05) is 61.5 Å². The lowest BCUT2D eigenvalue weighted by atomic mass is 10.0. The number of hydrogen-bond acceptors (Lipinski definition) is 7. The predicted molar refractivity (Wildman–Crippen MR) is 162 cm³/mol. The summed E-state index contributed by atoms with van der Waals surface area (Å²) in [6.45, 7) is 5.12. The number of amides is 3. The molecule has 1 heterocycles. The number of unbranched alkanes of at least 4 members (excludes halogenated alkanes) is 1. The molecule has 1 saturated heterocycles. The lowest BCUT2D eigenvalue weighted by Gasteiger charge is -2.34. The third-order valence-electron chi connectivity index (χ3n) is 7.16. The molecule has 0 spiro atoms. The Kier molecular flexibility index (Phi) is 15.2. The first kappa shape index (κ1) is 33.7. The van der Waals surface area contributed by atoms with Crippen LogP contribution in [0.25, 0.3) is 0 Å². The molecule has 0 aliphatic carbocycles. The van der Waals surface area contributed by atoms with Crippen molar-refractivity contribution in [3.05, 3.63) is 71.3 Å². The van der Waals surface area contributed by atoms with E-state index in [0.29, 0.717) is 46.0 Å². The Balaban J connectivity index is 1.23. The molecule has 2 aromatic carbocycles. The molecule has 43 heavy (non-hydrogen) atoms. The van der Waals surface area contributed by atoms with E-state index in [4.69, 9.17) is 14.3 Å². The SMILES string of the molecule is CCCOCCOCC(=O)N1CCN(C(=O)CCC(=O)ONC(=O)Cc2ccc(CCCCc3ccccc3)cc2)CC1. The summed E-state index contributed by atoms with van der Waals surface area (Å²) in [6.07, 6.45) is 5.10. The normalized spacial score (nSPS) is 13.0. The van der Waals surface area contributed by atoms with E-state index in [2.05, 4.69) is 29.7 Å². The fourth-order valence-electron chi connectivity index (χ4n) is 4.70. The number of rotatable bonds is 17. The second kappa shape index (κ2) is 19.4. The van der Waals surface area contributed by atoms with Gasteiger partial charge in [0, 0.05) is 39.2 Å². The number of piperazine rings is 1. The van der Waals surface area contributed by atoms with E-state index < -0.39 is 11.9 Å². The van der Waals surface area contributed by atoms with Crippen LogP contribution in [0.4, 0.5) is 0 Å². The van der Waals surface area contributed by atoms with Crippen molar-refractivity contribution >= 4 is 23.7 Å². The highest BCUT2D eigenvalue weighted by Crippen LogP contribution is 2.11. The third-order valence-corrected chi connectivity index (χ3v) is 7.16. The standard InChI is InChI=1S/C33H45N3O7/c1-2-22-41-23-24-42-26-32(39)36-20-18-35(19-21-36)31(38)16-17-33(40)43-34-30(37)25-29-14-12-28(13-15-29)11-7-6-10-27-8-4-3-5-9-27/h3-5,8-9,12-15H,2,6-7,10-11,16-26H2,1H3,(H,34,37). The molecule has 234 valence electrons. The van der Waals surface area contributed by atoms with Crippen molar-refractivity contribution in [3.63, 3.8) is 0 Å². The summed E-state index contributed by atoms with van der Waals surface area (Å²) in [6, 6.07) is 18.3. The summed E-state index contributed by atoms with van der Waals surface area (Å²) in [5, 5.41) is 0. The molecule has 10 nitrogen and oxygen atoms in total. The molecule has 0 bridgehead atoms. The highest BCUT2D eigenvalue weighted by Gasteiger charge is 2.24. The average molecular weight is 596 g/mol. The highest BCUT2D eigenvalue weighted by atomic mass is 16.7. The maximum absolute atomic E-state index is 12.5. The second-order valence-corrected chi connectivity index (χ2v) is 10.6. The molecule has 1 N–H and O–H groups in total. The Morgan fingerprint density at radius 1 is 0.698 bits per heavy atom. The fourth-order valence-corrected chi connectivity index (χ4v) is 4.70. The number of carbonyl (C=O) groups excluding carboxylic acids is 4. The second-order valence-electron chi connectivity index (χ2n) is 10.6. The molecule has 1 aliphatic rings. The number of benzene rings is 2. The minimum Gasteiger partial charge on any atom is -0.379 e. The van der Waals surface area contributed by atoms with Gasteiger partial charge in [0.15, 0.2) is 0 Å². The lowest BCUT2D eigenvalue weighted by molar-refractivity contribution is -0.159. The number of nitrogens with one attached hydrogen (secondary N) is 1. The number of hydrogen-bond donors (Lipinski definition) is 1. The summed E-state index contributed by atoms with van der Waals surface area (Å²) in [5.41, 5.74) is 5.57. The topological polar surface area (TPSA) is 114 Å². The van der Waals surface area contributed by atoms with Crippen molar-refractivity contribution in [2.45, 2.75) is 58.3 Å². The number of nitrogens with zero attached hydrogens (tertiary/aromatic N) is 2. The van der Waals surface area contributed by atoms with E-state index in [-0.39, 0.29) is 37.7 Å². The minimum absolute atomic E-state index is 0.0120. The molecule has 3 amide bonds. The molecule has 1 aliphatic heterocycles. The maximum Gasteiger partial charge on any atom is 0.332 e. The van der Waals surface area contributed by atoms with E-state index in [1.807, 2.05) is 37.3 Å². The molecule has 0 unspecified atom stereocenters. The summed E-state index contributed by atoms with van der Waals surface area (Å²) in [5.74, 6) is -1.43. The fraction of sp³-hybridized carbons (Fsp3) is 0.515. The summed E-state index contributed by atoms with van der Waals surface area (Å²) in [7, 11) is 0. The molecule has 0 atom stereocenters. The summed E-state index contributed by atoms with van der Waals surface area (Å²) < 4.78 is 10.7. The Morgan fingerprint density at radius 3 is 1.93 bits per heavy atom. The quantitative estimate of drug-likeness (QED) is 0.221. The van der Waals surface area contributed by atoms with Crippen LogP contribution in [0.3, 0.4) is 0 Å². The van der Waals surface area contributed by atoms with Crippen molar-refractivity contribution in [3.8, 4) is 0 Å². The monoisotopic (exact) mass is 595 g/mol. The van der Waals surface area contributed by atoms with Crippen molar-refractivity contribution in [2.24, 2.45) is 0 Å². The minimum atomic E-state index is -0.679. The Bertz CT molecular complexity index is 1130. The van der Waals surface area contributed by atoms with Crippen LogP contribution in [-0.4, -0.2) is 86.1 Å². The molecule has 10 heteroatoms. The molecule has 3 rings (SSSR count). The molecule has 0 radical (unpaired) electrons.